The van der Waals surface area contributed by atoms with Crippen molar-refractivity contribution in [2.45, 2.75) is 32.5 Å². The second-order valence-electron chi connectivity index (χ2n) is 6.79. The molecule has 0 aromatic heterocycles. The maximum atomic E-state index is 13.0. The van der Waals surface area contributed by atoms with E-state index in [1.165, 1.54) is 0 Å². The lowest BCUT2D eigenvalue weighted by molar-refractivity contribution is -0.137. The molecule has 7 heteroatoms. The van der Waals surface area contributed by atoms with E-state index >= 15 is 0 Å². The molecule has 150 valence electrons. The predicted octanol–water partition coefficient (Wildman–Crippen LogP) is 5.24. The second-order valence-corrected chi connectivity index (χ2v) is 7.77. The van der Waals surface area contributed by atoms with Crippen molar-refractivity contribution in [1.82, 2.24) is 0 Å². The van der Waals surface area contributed by atoms with Crippen LogP contribution < -0.4 is 9.64 Å². The zero-order chi connectivity index (χ0) is 20.3. The summed E-state index contributed by atoms with van der Waals surface area (Å²) in [5, 5.41) is 0. The number of benzene rings is 2. The van der Waals surface area contributed by atoms with Gasteiger partial charge in [0, 0.05) is 24.3 Å². The van der Waals surface area contributed by atoms with Crippen molar-refractivity contribution in [3.63, 3.8) is 0 Å². The predicted molar refractivity (Wildman–Crippen MR) is 106 cm³/mol. The number of hydrogen-bond acceptors (Lipinski definition) is 3. The van der Waals surface area contributed by atoms with Crippen LogP contribution in [-0.2, 0) is 24.0 Å². The summed E-state index contributed by atoms with van der Waals surface area (Å²) in [4.78, 5) is 14.2. The van der Waals surface area contributed by atoms with Crippen LogP contribution in [0.4, 0.5) is 18.9 Å². The third kappa shape index (κ3) is 4.63. The smallest absolute Gasteiger partial charge is 0.416 e. The summed E-state index contributed by atoms with van der Waals surface area (Å²) < 4.78 is 44.9. The SMILES string of the molecule is CSCCC(=O)N1CCc2c(OCc3cc(C)cc(C(F)(F)F)c3)cccc21. The molecule has 1 amide bonds. The van der Waals surface area contributed by atoms with E-state index in [-0.39, 0.29) is 12.5 Å². The van der Waals surface area contributed by atoms with Gasteiger partial charge in [-0.3, -0.25) is 4.79 Å². The quantitative estimate of drug-likeness (QED) is 0.654. The van der Waals surface area contributed by atoms with Crippen molar-refractivity contribution in [3.8, 4) is 5.75 Å². The zero-order valence-corrected chi connectivity index (χ0v) is 16.6. The number of fused-ring (bicyclic) bond motifs is 1. The van der Waals surface area contributed by atoms with E-state index < -0.39 is 11.7 Å². The molecule has 1 aliphatic heterocycles. The van der Waals surface area contributed by atoms with Crippen molar-refractivity contribution >= 4 is 23.4 Å². The van der Waals surface area contributed by atoms with Crippen LogP contribution in [-0.4, -0.2) is 24.5 Å². The van der Waals surface area contributed by atoms with Crippen LogP contribution >= 0.6 is 11.8 Å². The third-order valence-corrected chi connectivity index (χ3v) is 5.28. The average Bonchev–Trinajstić information content (AvgIpc) is 3.08. The van der Waals surface area contributed by atoms with Gasteiger partial charge in [0.25, 0.3) is 0 Å². The van der Waals surface area contributed by atoms with Gasteiger partial charge in [-0.05, 0) is 49.4 Å². The Morgan fingerprint density at radius 1 is 1.25 bits per heavy atom. The molecule has 0 atom stereocenters. The molecule has 3 rings (SSSR count). The first-order valence-electron chi connectivity index (χ1n) is 9.01. The number of alkyl halides is 3. The molecule has 3 nitrogen and oxygen atoms in total. The minimum absolute atomic E-state index is 0.0433. The monoisotopic (exact) mass is 409 g/mol. The van der Waals surface area contributed by atoms with Gasteiger partial charge in [0.1, 0.15) is 12.4 Å². The number of anilines is 1. The van der Waals surface area contributed by atoms with Crippen LogP contribution in [0, 0.1) is 6.92 Å². The maximum absolute atomic E-state index is 13.0. The van der Waals surface area contributed by atoms with Gasteiger partial charge in [0.2, 0.25) is 5.91 Å². The Labute approximate surface area is 166 Å². The minimum Gasteiger partial charge on any atom is -0.489 e. The van der Waals surface area contributed by atoms with E-state index in [4.69, 9.17) is 4.74 Å². The van der Waals surface area contributed by atoms with Crippen LogP contribution in [0.15, 0.2) is 36.4 Å². The van der Waals surface area contributed by atoms with Gasteiger partial charge in [-0.25, -0.2) is 0 Å². The van der Waals surface area contributed by atoms with Crippen molar-refractivity contribution in [2.24, 2.45) is 0 Å². The summed E-state index contributed by atoms with van der Waals surface area (Å²) in [6.45, 7) is 2.28. The highest BCUT2D eigenvalue weighted by molar-refractivity contribution is 7.98. The standard InChI is InChI=1S/C21H22F3NO2S/c1-14-10-15(12-16(11-14)21(22,23)24)13-27-19-5-3-4-18-17(19)6-8-25(18)20(26)7-9-28-2/h3-5,10-12H,6-9,13H2,1-2H3. The molecule has 0 N–H and O–H groups in total. The molecule has 0 saturated heterocycles. The van der Waals surface area contributed by atoms with Gasteiger partial charge in [-0.1, -0.05) is 17.7 Å². The summed E-state index contributed by atoms with van der Waals surface area (Å²) in [7, 11) is 0. The molecular weight excluding hydrogens is 387 g/mol. The number of amides is 1. The van der Waals surface area contributed by atoms with Crippen molar-refractivity contribution in [1.29, 1.82) is 0 Å². The minimum atomic E-state index is -4.38. The number of ether oxygens (including phenoxy) is 1. The fourth-order valence-corrected chi connectivity index (χ4v) is 3.77. The largest absolute Gasteiger partial charge is 0.489 e. The van der Waals surface area contributed by atoms with Crippen molar-refractivity contribution in [3.05, 3.63) is 58.7 Å². The van der Waals surface area contributed by atoms with E-state index in [2.05, 4.69) is 0 Å². The first kappa shape index (κ1) is 20.6. The first-order valence-corrected chi connectivity index (χ1v) is 10.4. The Hall–Kier alpha value is -2.15. The summed E-state index contributed by atoms with van der Waals surface area (Å²) in [6.07, 6.45) is -1.26. The Morgan fingerprint density at radius 3 is 2.75 bits per heavy atom. The lowest BCUT2D eigenvalue weighted by Crippen LogP contribution is -2.29. The summed E-state index contributed by atoms with van der Waals surface area (Å²) in [5.74, 6) is 1.47. The molecule has 1 aliphatic rings. The fourth-order valence-electron chi connectivity index (χ4n) is 3.39. The number of carbonyl (C=O) groups excluding carboxylic acids is 1. The Kier molecular flexibility index (Phi) is 6.23. The van der Waals surface area contributed by atoms with E-state index in [1.54, 1.807) is 35.7 Å². The molecular formula is C21H22F3NO2S. The van der Waals surface area contributed by atoms with Gasteiger partial charge in [-0.15, -0.1) is 0 Å². The van der Waals surface area contributed by atoms with Gasteiger partial charge in [0.15, 0.2) is 0 Å². The molecule has 0 unspecified atom stereocenters. The highest BCUT2D eigenvalue weighted by atomic mass is 32.2. The average molecular weight is 409 g/mol. The molecule has 2 aromatic rings. The number of carbonyl (C=O) groups is 1. The maximum Gasteiger partial charge on any atom is 0.416 e. The summed E-state index contributed by atoms with van der Waals surface area (Å²) in [6, 6.07) is 9.44. The third-order valence-electron chi connectivity index (χ3n) is 4.66. The Bertz CT molecular complexity index is 867. The van der Waals surface area contributed by atoms with Crippen LogP contribution in [0.3, 0.4) is 0 Å². The van der Waals surface area contributed by atoms with E-state index in [0.717, 1.165) is 29.1 Å². The molecule has 1 heterocycles. The molecule has 2 aromatic carbocycles. The number of thioether (sulfide) groups is 1. The molecule has 0 bridgehead atoms. The molecule has 0 saturated carbocycles. The van der Waals surface area contributed by atoms with Gasteiger partial charge >= 0.3 is 6.18 Å². The van der Waals surface area contributed by atoms with E-state index in [9.17, 15) is 18.0 Å². The van der Waals surface area contributed by atoms with Crippen molar-refractivity contribution < 1.29 is 22.7 Å². The molecule has 0 spiro atoms. The van der Waals surface area contributed by atoms with E-state index in [0.29, 0.717) is 36.3 Å². The lowest BCUT2D eigenvalue weighted by Gasteiger charge is -2.18. The highest BCUT2D eigenvalue weighted by Crippen LogP contribution is 2.36. The van der Waals surface area contributed by atoms with Gasteiger partial charge < -0.3 is 9.64 Å². The van der Waals surface area contributed by atoms with Crippen LogP contribution in [0.5, 0.6) is 5.75 Å². The number of hydrogen-bond donors (Lipinski definition) is 0. The zero-order valence-electron chi connectivity index (χ0n) is 15.8. The Morgan fingerprint density at radius 2 is 2.04 bits per heavy atom. The highest BCUT2D eigenvalue weighted by Gasteiger charge is 2.31. The summed E-state index contributed by atoms with van der Waals surface area (Å²) in [5.41, 5.74) is 2.11. The number of rotatable bonds is 6. The molecule has 28 heavy (non-hydrogen) atoms. The summed E-state index contributed by atoms with van der Waals surface area (Å²) >= 11 is 1.63. The van der Waals surface area contributed by atoms with Gasteiger partial charge in [0.05, 0.1) is 11.3 Å². The first-order chi connectivity index (χ1) is 13.3. The fraction of sp³-hybridized carbons (Fsp3) is 0.381. The van der Waals surface area contributed by atoms with Crippen LogP contribution in [0.25, 0.3) is 0 Å². The van der Waals surface area contributed by atoms with Crippen LogP contribution in [0.1, 0.15) is 28.7 Å². The van der Waals surface area contributed by atoms with Gasteiger partial charge in [-0.2, -0.15) is 24.9 Å². The topological polar surface area (TPSA) is 29.5 Å². The normalized spacial score (nSPS) is 13.5. The van der Waals surface area contributed by atoms with Crippen molar-refractivity contribution in [2.75, 3.05) is 23.5 Å². The Balaban J connectivity index is 1.76. The van der Waals surface area contributed by atoms with E-state index in [1.807, 2.05) is 18.4 Å². The number of halogens is 3. The molecule has 0 aliphatic carbocycles. The number of nitrogens with zero attached hydrogens (tertiary/aromatic N) is 1. The van der Waals surface area contributed by atoms with Crippen LogP contribution in [0.2, 0.25) is 0 Å². The second kappa shape index (κ2) is 8.47. The molecule has 0 fully saturated rings. The number of aryl methyl sites for hydroxylation is 1. The lowest BCUT2D eigenvalue weighted by atomic mass is 10.1. The molecule has 0 radical (unpaired) electrons.